The molecule has 0 aliphatic carbocycles. The summed E-state index contributed by atoms with van der Waals surface area (Å²) in [7, 11) is 0. The van der Waals surface area contributed by atoms with E-state index in [1.807, 2.05) is 0 Å². The number of aliphatic carboxylic acids is 1. The number of carbonyl (C=O) groups excluding carboxylic acids is 2. The van der Waals surface area contributed by atoms with Gasteiger partial charge in [0.1, 0.15) is 6.04 Å². The number of nitrogens with two attached hydrogens (primary N) is 1. The summed E-state index contributed by atoms with van der Waals surface area (Å²) < 4.78 is 6.76. The van der Waals surface area contributed by atoms with Crippen LogP contribution in [0, 0.1) is 0 Å². The van der Waals surface area contributed by atoms with E-state index in [0.717, 1.165) is 0 Å². The first-order valence-corrected chi connectivity index (χ1v) is 5.29. The fraction of sp³-hybridized carbons (Fsp3) is 0.700. The lowest BCUT2D eigenvalue weighted by Crippen LogP contribution is -2.43. The van der Waals surface area contributed by atoms with E-state index in [9.17, 15) is 14.4 Å². The van der Waals surface area contributed by atoms with E-state index in [-0.39, 0.29) is 25.8 Å². The minimum Gasteiger partial charge on any atom is -0.480 e. The van der Waals surface area contributed by atoms with Gasteiger partial charge in [-0.15, -0.1) is 0 Å². The van der Waals surface area contributed by atoms with Gasteiger partial charge >= 0.3 is 5.97 Å². The van der Waals surface area contributed by atoms with Crippen molar-refractivity contribution < 1.29 is 20.9 Å². The van der Waals surface area contributed by atoms with Gasteiger partial charge in [-0.1, -0.05) is 0 Å². The molecule has 0 bridgehead atoms. The van der Waals surface area contributed by atoms with Gasteiger partial charge in [-0.05, 0) is 19.3 Å². The van der Waals surface area contributed by atoms with Crippen LogP contribution in [0.3, 0.4) is 0 Å². The second-order valence-electron chi connectivity index (χ2n) is 3.51. The first kappa shape index (κ1) is 13.4. The molecule has 0 aromatic rings. The molecule has 0 aromatic heterocycles. The molecule has 7 heteroatoms. The Morgan fingerprint density at radius 3 is 2.65 bits per heavy atom. The Morgan fingerprint density at radius 2 is 2.12 bits per heavy atom. The predicted molar refractivity (Wildman–Crippen MR) is 61.2 cm³/mol. The molecule has 5 N–H and O–H groups in total. The highest BCUT2D eigenvalue weighted by molar-refractivity contribution is 5.84. The van der Waals surface area contributed by atoms with Crippen LogP contribution in [0.4, 0.5) is 0 Å². The van der Waals surface area contributed by atoms with Crippen LogP contribution in [0.25, 0.3) is 0 Å². The molecule has 0 rings (SSSR count). The molecule has 17 heavy (non-hydrogen) atoms. The molecule has 2 amide bonds. The first-order chi connectivity index (χ1) is 8.51. The smallest absolute Gasteiger partial charge is 0.326 e. The van der Waals surface area contributed by atoms with E-state index in [1.165, 1.54) is 0 Å². The zero-order valence-corrected chi connectivity index (χ0v) is 9.57. The number of rotatable bonds is 8. The molecule has 1 atom stereocenters. The third-order valence-corrected chi connectivity index (χ3v) is 2.06. The van der Waals surface area contributed by atoms with Crippen molar-refractivity contribution in [2.24, 2.45) is 5.73 Å². The monoisotopic (exact) mass is 246 g/mol. The summed E-state index contributed by atoms with van der Waals surface area (Å²) in [5.41, 5.74) is 5.08. The summed E-state index contributed by atoms with van der Waals surface area (Å²) in [5.74, 6) is -1.97. The van der Waals surface area contributed by atoms with Crippen LogP contribution in [0.2, 0.25) is 0 Å². The molecule has 0 unspecified atom stereocenters. The van der Waals surface area contributed by atoms with Crippen LogP contribution >= 0.6 is 0 Å². The van der Waals surface area contributed by atoms with Crippen molar-refractivity contribution in [3.05, 3.63) is 0 Å². The zero-order chi connectivity index (χ0) is 14.0. The average Bonchev–Trinajstić information content (AvgIpc) is 2.35. The fourth-order valence-corrected chi connectivity index (χ4v) is 1.21. The molecule has 0 spiro atoms. The van der Waals surface area contributed by atoms with E-state index >= 15 is 0 Å². The third kappa shape index (κ3) is 8.21. The van der Waals surface area contributed by atoms with Crippen molar-refractivity contribution in [1.82, 2.24) is 10.6 Å². The molecule has 0 saturated heterocycles. The van der Waals surface area contributed by atoms with Crippen LogP contribution < -0.4 is 16.4 Å². The first-order valence-electron chi connectivity index (χ1n) is 6.00. The molecule has 0 heterocycles. The molecule has 0 aliphatic heterocycles. The lowest BCUT2D eigenvalue weighted by molar-refractivity contribution is -0.141. The van der Waals surface area contributed by atoms with Gasteiger partial charge in [0, 0.05) is 14.8 Å². The lowest BCUT2D eigenvalue weighted by atomic mass is 10.1. The molecule has 98 valence electrons. The fourth-order valence-electron chi connectivity index (χ4n) is 1.21. The number of amides is 2. The number of carboxylic acid groups (broad SMARTS) is 1. The van der Waals surface area contributed by atoms with Crippen molar-refractivity contribution in [2.75, 3.05) is 13.1 Å². The van der Waals surface area contributed by atoms with Gasteiger partial charge in [0.2, 0.25) is 11.8 Å². The number of nitrogens with one attached hydrogen (secondary N) is 2. The Bertz CT molecular complexity index is 299. The van der Waals surface area contributed by atoms with E-state index in [1.54, 1.807) is 0 Å². The molecule has 7 nitrogen and oxygen atoms in total. The number of carbonyl (C=O) groups is 3. The summed E-state index contributed by atoms with van der Waals surface area (Å²) in [6.07, 6.45) is 1.41. The minimum absolute atomic E-state index is 0.247. The Hall–Kier alpha value is -1.63. The number of hydrogen-bond acceptors (Lipinski definition) is 4. The summed E-state index contributed by atoms with van der Waals surface area (Å²) >= 11 is 0. The maximum Gasteiger partial charge on any atom is 0.326 e. The van der Waals surface area contributed by atoms with E-state index in [0.29, 0.717) is 19.4 Å². The van der Waals surface area contributed by atoms with Gasteiger partial charge in [-0.25, -0.2) is 4.79 Å². The van der Waals surface area contributed by atoms with Crippen molar-refractivity contribution in [3.63, 3.8) is 0 Å². The lowest BCUT2D eigenvalue weighted by Gasteiger charge is -2.13. The number of hydrogen-bond donors (Lipinski definition) is 4. The highest BCUT2D eigenvalue weighted by Crippen LogP contribution is 2.01. The molecule has 0 aliphatic rings. The van der Waals surface area contributed by atoms with Crippen LogP contribution in [0.15, 0.2) is 0 Å². The van der Waals surface area contributed by atoms with Gasteiger partial charge in [0.15, 0.2) is 0 Å². The number of unbranched alkanes of at least 4 members (excludes halogenated alkanes) is 1. The van der Waals surface area contributed by atoms with Gasteiger partial charge in [-0.2, -0.15) is 0 Å². The Morgan fingerprint density at radius 1 is 1.41 bits per heavy atom. The van der Waals surface area contributed by atoms with Crippen molar-refractivity contribution in [2.45, 2.75) is 32.2 Å². The van der Waals surface area contributed by atoms with Gasteiger partial charge in [-0.3, -0.25) is 9.59 Å². The summed E-state index contributed by atoms with van der Waals surface area (Å²) in [6, 6.07) is -0.951. The van der Waals surface area contributed by atoms with E-state index in [2.05, 4.69) is 10.6 Å². The van der Waals surface area contributed by atoms with Crippen LogP contribution in [-0.2, 0) is 14.4 Å². The topological polar surface area (TPSA) is 122 Å². The van der Waals surface area contributed by atoms with Gasteiger partial charge in [0.05, 0.1) is 6.54 Å². The van der Waals surface area contributed by atoms with Crippen molar-refractivity contribution >= 4 is 17.8 Å². The Labute approximate surface area is 101 Å². The quantitative estimate of drug-likeness (QED) is 0.402. The predicted octanol–water partition coefficient (Wildman–Crippen LogP) is -1.18. The molecule has 0 saturated carbocycles. The van der Waals surface area contributed by atoms with Crippen LogP contribution in [0.5, 0.6) is 0 Å². The van der Waals surface area contributed by atoms with Crippen LogP contribution in [0.1, 0.15) is 27.5 Å². The molecular formula is C10H19N3O4. The van der Waals surface area contributed by atoms with Gasteiger partial charge < -0.3 is 21.5 Å². The van der Waals surface area contributed by atoms with Crippen molar-refractivity contribution in [1.29, 1.82) is 0 Å². The summed E-state index contributed by atoms with van der Waals surface area (Å²) in [5, 5.41) is 13.7. The van der Waals surface area contributed by atoms with Gasteiger partial charge in [0.25, 0.3) is 0 Å². The number of carboxylic acids is 1. The minimum atomic E-state index is -1.10. The van der Waals surface area contributed by atoms with Crippen LogP contribution in [-0.4, -0.2) is 42.0 Å². The molecule has 0 fully saturated rings. The van der Waals surface area contributed by atoms with E-state index in [4.69, 9.17) is 12.2 Å². The third-order valence-electron chi connectivity index (χ3n) is 2.06. The zero-order valence-electron chi connectivity index (χ0n) is 10.6. The largest absolute Gasteiger partial charge is 0.480 e. The second kappa shape index (κ2) is 8.51. The summed E-state index contributed by atoms with van der Waals surface area (Å²) in [6.45, 7) is -0.164. The Kier molecular flexibility index (Phi) is 6.73. The summed E-state index contributed by atoms with van der Waals surface area (Å²) in [4.78, 5) is 32.5. The normalized spacial score (nSPS) is 12.4. The highest BCUT2D eigenvalue weighted by atomic mass is 16.4. The molecule has 0 radical (unpaired) electrons. The Balaban J connectivity index is 3.81. The SMILES string of the molecule is [2H]CC(=O)NCCCC[C@H](NC(=O)CN)C(=O)O. The molecular weight excluding hydrogens is 226 g/mol. The maximum absolute atomic E-state index is 11.0. The van der Waals surface area contributed by atoms with Crippen molar-refractivity contribution in [3.8, 4) is 0 Å². The second-order valence-corrected chi connectivity index (χ2v) is 3.51. The average molecular weight is 246 g/mol. The molecule has 0 aromatic carbocycles. The standard InChI is InChI=1S/C10H19N3O4/c1-7(14)12-5-3-2-4-8(10(16)17)13-9(15)6-11/h8H,2-6,11H2,1H3,(H,12,14)(H,13,15)(H,16,17)/t8-/m0/s1/i1D. The maximum atomic E-state index is 11.0. The van der Waals surface area contributed by atoms with E-state index < -0.39 is 17.9 Å². The highest BCUT2D eigenvalue weighted by Gasteiger charge is 2.18.